The normalized spacial score (nSPS) is 12.0. The van der Waals surface area contributed by atoms with Crippen molar-refractivity contribution < 1.29 is 0 Å². The zero-order chi connectivity index (χ0) is 11.3. The smallest absolute Gasteiger partial charge is 0.150 e. The van der Waals surface area contributed by atoms with Gasteiger partial charge in [0.25, 0.3) is 0 Å². The van der Waals surface area contributed by atoms with Gasteiger partial charge in [-0.15, -0.1) is 11.3 Å². The van der Waals surface area contributed by atoms with Gasteiger partial charge in [0, 0.05) is 16.8 Å². The van der Waals surface area contributed by atoms with E-state index in [0.717, 1.165) is 17.2 Å². The average Bonchev–Trinajstić information content (AvgIpc) is 2.67. The molecule has 0 spiro atoms. The number of aryl methyl sites for hydroxylation is 1. The first-order valence-electron chi connectivity index (χ1n) is 5.31. The van der Waals surface area contributed by atoms with Crippen molar-refractivity contribution in [2.24, 2.45) is 5.41 Å². The molecule has 0 aliphatic heterocycles. The summed E-state index contributed by atoms with van der Waals surface area (Å²) >= 11 is 8.11. The van der Waals surface area contributed by atoms with E-state index in [0.29, 0.717) is 5.41 Å². The molecule has 0 unspecified atom stereocenters. The molecule has 0 saturated heterocycles. The molecule has 15 heavy (non-hydrogen) atoms. The second-order valence-electron chi connectivity index (χ2n) is 3.91. The molecule has 0 N–H and O–H groups in total. The number of hydrogen-bond donors (Lipinski definition) is 1. The summed E-state index contributed by atoms with van der Waals surface area (Å²) in [6, 6.07) is 0. The van der Waals surface area contributed by atoms with E-state index in [9.17, 15) is 0 Å². The van der Waals surface area contributed by atoms with Crippen molar-refractivity contribution in [3.63, 3.8) is 0 Å². The fourth-order valence-electron chi connectivity index (χ4n) is 1.34. The van der Waals surface area contributed by atoms with Crippen LogP contribution in [-0.4, -0.2) is 16.5 Å². The van der Waals surface area contributed by atoms with E-state index in [2.05, 4.69) is 36.8 Å². The van der Waals surface area contributed by atoms with Crippen LogP contribution in [0.1, 0.15) is 32.4 Å². The Morgan fingerprint density at radius 2 is 2.13 bits per heavy atom. The second-order valence-corrected chi connectivity index (χ2v) is 6.31. The van der Waals surface area contributed by atoms with Gasteiger partial charge in [-0.3, -0.25) is 0 Å². The predicted molar refractivity (Wildman–Crippen MR) is 74.4 cm³/mol. The lowest BCUT2D eigenvalue weighted by atomic mass is 9.87. The number of thioether (sulfide) groups is 1. The molecule has 0 fully saturated rings. The number of thiol groups is 1. The third kappa shape index (κ3) is 3.68. The van der Waals surface area contributed by atoms with Crippen LogP contribution in [0.2, 0.25) is 0 Å². The maximum Gasteiger partial charge on any atom is 0.150 e. The molecule has 0 aliphatic carbocycles. The van der Waals surface area contributed by atoms with E-state index in [4.69, 9.17) is 0 Å². The first kappa shape index (κ1) is 13.4. The van der Waals surface area contributed by atoms with Crippen LogP contribution in [0.3, 0.4) is 0 Å². The topological polar surface area (TPSA) is 12.9 Å². The van der Waals surface area contributed by atoms with Crippen LogP contribution in [0.5, 0.6) is 0 Å². The summed E-state index contributed by atoms with van der Waals surface area (Å²) in [5.74, 6) is 2.10. The summed E-state index contributed by atoms with van der Waals surface area (Å²) in [5.41, 5.74) is 1.51. The largest absolute Gasteiger partial charge is 0.235 e. The van der Waals surface area contributed by atoms with Crippen LogP contribution in [0.4, 0.5) is 0 Å². The highest BCUT2D eigenvalue weighted by Gasteiger charge is 2.24. The van der Waals surface area contributed by atoms with Gasteiger partial charge in [-0.1, -0.05) is 25.6 Å². The minimum atomic E-state index is 0.382. The lowest BCUT2D eigenvalue weighted by Gasteiger charge is -2.28. The molecule has 1 aromatic heterocycles. The standard InChI is InChI=1S/C11H19NS3/c1-4-11(5-2,7-13)8-15-10-12-9(3)6-14-10/h6,13H,4-5,7-8H2,1-3H3. The van der Waals surface area contributed by atoms with Crippen LogP contribution >= 0.6 is 35.7 Å². The van der Waals surface area contributed by atoms with Gasteiger partial charge < -0.3 is 0 Å². The SMILES string of the molecule is CCC(CC)(CS)CSc1nc(C)cs1. The number of rotatable bonds is 6. The molecule has 86 valence electrons. The van der Waals surface area contributed by atoms with Crippen molar-refractivity contribution >= 4 is 35.7 Å². The minimum Gasteiger partial charge on any atom is -0.235 e. The summed E-state index contributed by atoms with van der Waals surface area (Å²) in [6.45, 7) is 6.56. The fourth-order valence-corrected chi connectivity index (χ4v) is 4.31. The van der Waals surface area contributed by atoms with Crippen molar-refractivity contribution in [3.05, 3.63) is 11.1 Å². The Kier molecular flexibility index (Phi) is 5.50. The van der Waals surface area contributed by atoms with Gasteiger partial charge in [-0.2, -0.15) is 12.6 Å². The van der Waals surface area contributed by atoms with Crippen LogP contribution in [-0.2, 0) is 0 Å². The number of aromatic nitrogens is 1. The summed E-state index contributed by atoms with van der Waals surface area (Å²) in [4.78, 5) is 4.47. The second kappa shape index (κ2) is 6.16. The lowest BCUT2D eigenvalue weighted by Crippen LogP contribution is -2.24. The van der Waals surface area contributed by atoms with Crippen molar-refractivity contribution in [1.82, 2.24) is 4.98 Å². The first-order valence-corrected chi connectivity index (χ1v) is 7.81. The molecule has 0 radical (unpaired) electrons. The fraction of sp³-hybridized carbons (Fsp3) is 0.727. The molecule has 0 amide bonds. The zero-order valence-electron chi connectivity index (χ0n) is 9.62. The maximum atomic E-state index is 4.48. The van der Waals surface area contributed by atoms with E-state index >= 15 is 0 Å². The summed E-state index contributed by atoms with van der Waals surface area (Å²) in [7, 11) is 0. The van der Waals surface area contributed by atoms with Gasteiger partial charge in [-0.05, 0) is 30.9 Å². The molecule has 0 aliphatic rings. The van der Waals surface area contributed by atoms with E-state index in [-0.39, 0.29) is 0 Å². The predicted octanol–water partition coefficient (Wildman–Crippen LogP) is 4.28. The van der Waals surface area contributed by atoms with Crippen LogP contribution in [0, 0.1) is 12.3 Å². The molecule has 0 atom stereocenters. The lowest BCUT2D eigenvalue weighted by molar-refractivity contribution is 0.357. The van der Waals surface area contributed by atoms with Crippen LogP contribution in [0.25, 0.3) is 0 Å². The summed E-state index contributed by atoms with van der Waals surface area (Å²) in [6.07, 6.45) is 2.40. The Hall–Kier alpha value is 0.330. The Morgan fingerprint density at radius 1 is 1.47 bits per heavy atom. The molecule has 1 heterocycles. The van der Waals surface area contributed by atoms with Gasteiger partial charge in [0.05, 0.1) is 0 Å². The Balaban J connectivity index is 2.54. The quantitative estimate of drug-likeness (QED) is 0.606. The molecule has 0 bridgehead atoms. The maximum absolute atomic E-state index is 4.48. The molecule has 4 heteroatoms. The number of thiazole rings is 1. The van der Waals surface area contributed by atoms with E-state index in [1.165, 1.54) is 17.2 Å². The molecule has 0 saturated carbocycles. The third-order valence-electron chi connectivity index (χ3n) is 2.94. The van der Waals surface area contributed by atoms with Gasteiger partial charge in [0.2, 0.25) is 0 Å². The van der Waals surface area contributed by atoms with Crippen molar-refractivity contribution in [3.8, 4) is 0 Å². The average molecular weight is 261 g/mol. The number of hydrogen-bond acceptors (Lipinski definition) is 4. The van der Waals surface area contributed by atoms with E-state index in [1.807, 2.05) is 18.7 Å². The van der Waals surface area contributed by atoms with Crippen LogP contribution < -0.4 is 0 Å². The third-order valence-corrected chi connectivity index (χ3v) is 6.10. The van der Waals surface area contributed by atoms with E-state index in [1.54, 1.807) is 11.3 Å². The Morgan fingerprint density at radius 3 is 2.53 bits per heavy atom. The van der Waals surface area contributed by atoms with E-state index < -0.39 is 0 Å². The molecular formula is C11H19NS3. The Labute approximate surface area is 106 Å². The van der Waals surface area contributed by atoms with Crippen molar-refractivity contribution in [1.29, 1.82) is 0 Å². The highest BCUT2D eigenvalue weighted by molar-refractivity contribution is 8.01. The highest BCUT2D eigenvalue weighted by atomic mass is 32.2. The summed E-state index contributed by atoms with van der Waals surface area (Å²) < 4.78 is 1.19. The van der Waals surface area contributed by atoms with Crippen molar-refractivity contribution in [2.75, 3.05) is 11.5 Å². The first-order chi connectivity index (χ1) is 7.15. The van der Waals surface area contributed by atoms with Crippen LogP contribution in [0.15, 0.2) is 9.72 Å². The molecule has 1 nitrogen and oxygen atoms in total. The van der Waals surface area contributed by atoms with Gasteiger partial charge in [-0.25, -0.2) is 4.98 Å². The Bertz CT molecular complexity index is 284. The highest BCUT2D eigenvalue weighted by Crippen LogP contribution is 2.35. The van der Waals surface area contributed by atoms with Crippen molar-refractivity contribution in [2.45, 2.75) is 38.0 Å². The summed E-state index contributed by atoms with van der Waals surface area (Å²) in [5, 5.41) is 2.11. The molecule has 0 aromatic carbocycles. The molecular weight excluding hydrogens is 242 g/mol. The van der Waals surface area contributed by atoms with Gasteiger partial charge >= 0.3 is 0 Å². The minimum absolute atomic E-state index is 0.382. The molecule has 1 rings (SSSR count). The van der Waals surface area contributed by atoms with Gasteiger partial charge in [0.15, 0.2) is 0 Å². The monoisotopic (exact) mass is 261 g/mol. The zero-order valence-corrected chi connectivity index (χ0v) is 12.1. The van der Waals surface area contributed by atoms with Gasteiger partial charge in [0.1, 0.15) is 4.34 Å². The molecule has 1 aromatic rings. The number of nitrogens with zero attached hydrogens (tertiary/aromatic N) is 1.